The number of nitrogens with one attached hydrogen (secondary N) is 1. The number of nitrogens with two attached hydrogens (primary N) is 1. The lowest BCUT2D eigenvalue weighted by atomic mass is 10.1. The van der Waals surface area contributed by atoms with Gasteiger partial charge in [-0.05, 0) is 61.4 Å². The van der Waals surface area contributed by atoms with Crippen LogP contribution in [0.15, 0.2) is 64.6 Å². The number of hydrogen-bond acceptors (Lipinski definition) is 6. The van der Waals surface area contributed by atoms with Gasteiger partial charge in [-0.25, -0.2) is 4.98 Å². The van der Waals surface area contributed by atoms with Crippen LogP contribution in [0.5, 0.6) is 11.5 Å². The molecule has 8 heteroatoms. The first-order valence-corrected chi connectivity index (χ1v) is 10.3. The molecule has 31 heavy (non-hydrogen) atoms. The summed E-state index contributed by atoms with van der Waals surface area (Å²) in [7, 11) is 1.48. The van der Waals surface area contributed by atoms with Crippen LogP contribution in [0.3, 0.4) is 0 Å². The van der Waals surface area contributed by atoms with E-state index in [0.29, 0.717) is 27.8 Å². The van der Waals surface area contributed by atoms with Gasteiger partial charge in [0.25, 0.3) is 11.8 Å². The molecule has 3 N–H and O–H groups in total. The summed E-state index contributed by atoms with van der Waals surface area (Å²) >= 11 is 1.43. The molecular formula is C23H23N3O4S. The molecule has 7 nitrogen and oxygen atoms in total. The Morgan fingerprint density at radius 2 is 1.87 bits per heavy atom. The molecule has 0 aliphatic carbocycles. The Bertz CT molecular complexity index is 1120. The number of ether oxygens (including phenoxy) is 2. The zero-order chi connectivity index (χ0) is 22.4. The topological polar surface area (TPSA) is 104 Å². The van der Waals surface area contributed by atoms with Crippen molar-refractivity contribution in [2.45, 2.75) is 23.8 Å². The highest BCUT2D eigenvalue weighted by Crippen LogP contribution is 2.32. The van der Waals surface area contributed by atoms with Crippen molar-refractivity contribution in [1.82, 2.24) is 4.98 Å². The molecule has 0 radical (unpaired) electrons. The molecule has 0 fully saturated rings. The molecule has 1 aromatic heterocycles. The van der Waals surface area contributed by atoms with Crippen LogP contribution in [-0.2, 0) is 4.79 Å². The van der Waals surface area contributed by atoms with Crippen molar-refractivity contribution in [3.63, 3.8) is 0 Å². The van der Waals surface area contributed by atoms with Gasteiger partial charge in [-0.2, -0.15) is 0 Å². The highest BCUT2D eigenvalue weighted by molar-refractivity contribution is 7.99. The van der Waals surface area contributed by atoms with Crippen molar-refractivity contribution >= 4 is 29.3 Å². The second-order valence-corrected chi connectivity index (χ2v) is 7.84. The van der Waals surface area contributed by atoms with Crippen LogP contribution in [0, 0.1) is 13.8 Å². The number of methoxy groups -OCH3 is 1. The first-order valence-electron chi connectivity index (χ1n) is 9.48. The standard InChI is InChI=1S/C23H23N3O4S/c1-14-6-8-17(11-15(14)2)31-23-18(5-4-10-25-23)22(28)26-16-7-9-19(29-3)20(12-16)30-13-21(24)27/h4-12H,13H2,1-3H3,(H2,24,27)(H,26,28). The number of carbonyl (C=O) groups is 2. The second kappa shape index (κ2) is 9.99. The molecule has 0 aliphatic heterocycles. The fourth-order valence-electron chi connectivity index (χ4n) is 2.75. The molecule has 160 valence electrons. The number of rotatable bonds is 8. The number of primary amides is 1. The molecule has 3 aromatic rings. The van der Waals surface area contributed by atoms with Gasteiger partial charge in [0.1, 0.15) is 5.03 Å². The lowest BCUT2D eigenvalue weighted by molar-refractivity contribution is -0.119. The number of pyridine rings is 1. The minimum atomic E-state index is -0.611. The number of aryl methyl sites for hydroxylation is 2. The van der Waals surface area contributed by atoms with Gasteiger partial charge in [0.05, 0.1) is 12.7 Å². The highest BCUT2D eigenvalue weighted by Gasteiger charge is 2.15. The maximum absolute atomic E-state index is 13.0. The van der Waals surface area contributed by atoms with E-state index in [9.17, 15) is 9.59 Å². The second-order valence-electron chi connectivity index (χ2n) is 6.78. The van der Waals surface area contributed by atoms with E-state index >= 15 is 0 Å². The van der Waals surface area contributed by atoms with E-state index in [-0.39, 0.29) is 12.5 Å². The van der Waals surface area contributed by atoms with E-state index in [1.54, 1.807) is 36.5 Å². The highest BCUT2D eigenvalue weighted by atomic mass is 32.2. The van der Waals surface area contributed by atoms with E-state index in [1.807, 2.05) is 19.1 Å². The Kier molecular flexibility index (Phi) is 7.15. The number of nitrogens with zero attached hydrogens (tertiary/aromatic N) is 1. The summed E-state index contributed by atoms with van der Waals surface area (Å²) in [5, 5.41) is 3.44. The summed E-state index contributed by atoms with van der Waals surface area (Å²) in [6.45, 7) is 3.81. The van der Waals surface area contributed by atoms with Crippen LogP contribution in [0.25, 0.3) is 0 Å². The monoisotopic (exact) mass is 437 g/mol. The van der Waals surface area contributed by atoms with Crippen molar-refractivity contribution in [1.29, 1.82) is 0 Å². The molecule has 0 aliphatic rings. The lowest BCUT2D eigenvalue weighted by Crippen LogP contribution is -2.20. The van der Waals surface area contributed by atoms with Crippen LogP contribution in [-0.4, -0.2) is 30.5 Å². The number of anilines is 1. The van der Waals surface area contributed by atoms with Crippen LogP contribution in [0.4, 0.5) is 5.69 Å². The molecule has 1 heterocycles. The Hall–Kier alpha value is -3.52. The Morgan fingerprint density at radius 1 is 1.06 bits per heavy atom. The van der Waals surface area contributed by atoms with Gasteiger partial charge in [-0.15, -0.1) is 0 Å². The molecule has 3 rings (SSSR count). The molecule has 0 spiro atoms. The molecule has 0 unspecified atom stereocenters. The summed E-state index contributed by atoms with van der Waals surface area (Å²) < 4.78 is 10.6. The molecule has 2 amide bonds. The van der Waals surface area contributed by atoms with Gasteiger partial charge < -0.3 is 20.5 Å². The van der Waals surface area contributed by atoms with Crippen LogP contribution >= 0.6 is 11.8 Å². The zero-order valence-electron chi connectivity index (χ0n) is 17.5. The average Bonchev–Trinajstić information content (AvgIpc) is 2.75. The summed E-state index contributed by atoms with van der Waals surface area (Å²) in [6.07, 6.45) is 1.66. The van der Waals surface area contributed by atoms with Crippen molar-refractivity contribution in [2.24, 2.45) is 5.73 Å². The molecule has 2 aromatic carbocycles. The lowest BCUT2D eigenvalue weighted by Gasteiger charge is -2.13. The molecule has 0 atom stereocenters. The fraction of sp³-hybridized carbons (Fsp3) is 0.174. The first kappa shape index (κ1) is 22.2. The van der Waals surface area contributed by atoms with Crippen LogP contribution in [0.1, 0.15) is 21.5 Å². The van der Waals surface area contributed by atoms with E-state index in [1.165, 1.54) is 30.0 Å². The van der Waals surface area contributed by atoms with Crippen molar-refractivity contribution in [2.75, 3.05) is 19.0 Å². The van der Waals surface area contributed by atoms with Gasteiger partial charge in [0.15, 0.2) is 18.1 Å². The largest absolute Gasteiger partial charge is 0.493 e. The average molecular weight is 438 g/mol. The van der Waals surface area contributed by atoms with Gasteiger partial charge in [-0.1, -0.05) is 17.8 Å². The normalized spacial score (nSPS) is 10.4. The number of amides is 2. The Morgan fingerprint density at radius 3 is 2.58 bits per heavy atom. The van der Waals surface area contributed by atoms with Gasteiger partial charge >= 0.3 is 0 Å². The third-order valence-electron chi connectivity index (χ3n) is 4.50. The molecular weight excluding hydrogens is 414 g/mol. The van der Waals surface area contributed by atoms with Crippen molar-refractivity contribution < 1.29 is 19.1 Å². The van der Waals surface area contributed by atoms with Crippen molar-refractivity contribution in [3.8, 4) is 11.5 Å². The number of aromatic nitrogens is 1. The third-order valence-corrected chi connectivity index (χ3v) is 5.51. The fourth-order valence-corrected chi connectivity index (χ4v) is 3.73. The number of benzene rings is 2. The summed E-state index contributed by atoms with van der Waals surface area (Å²) in [5.41, 5.74) is 8.45. The third kappa shape index (κ3) is 5.76. The first-order chi connectivity index (χ1) is 14.9. The summed E-state index contributed by atoms with van der Waals surface area (Å²) in [5.74, 6) is -0.202. The van der Waals surface area contributed by atoms with E-state index < -0.39 is 5.91 Å². The van der Waals surface area contributed by atoms with Gasteiger partial charge in [0, 0.05) is 22.8 Å². The maximum atomic E-state index is 13.0. The molecule has 0 saturated carbocycles. The smallest absolute Gasteiger partial charge is 0.258 e. The quantitative estimate of drug-likeness (QED) is 0.553. The number of hydrogen-bond donors (Lipinski definition) is 2. The molecule has 0 saturated heterocycles. The van der Waals surface area contributed by atoms with E-state index in [2.05, 4.69) is 23.3 Å². The Balaban J connectivity index is 1.81. The van der Waals surface area contributed by atoms with Crippen molar-refractivity contribution in [3.05, 3.63) is 71.4 Å². The maximum Gasteiger partial charge on any atom is 0.258 e. The Labute approximate surface area is 185 Å². The predicted octanol–water partition coefficient (Wildman–Crippen LogP) is 3.97. The van der Waals surface area contributed by atoms with E-state index in [4.69, 9.17) is 15.2 Å². The summed E-state index contributed by atoms with van der Waals surface area (Å²) in [6, 6.07) is 14.5. The van der Waals surface area contributed by atoms with Crippen LogP contribution < -0.4 is 20.5 Å². The summed E-state index contributed by atoms with van der Waals surface area (Å²) in [4.78, 5) is 29.4. The SMILES string of the molecule is COc1ccc(NC(=O)c2cccnc2Sc2ccc(C)c(C)c2)cc1OCC(N)=O. The zero-order valence-corrected chi connectivity index (χ0v) is 18.3. The van der Waals surface area contributed by atoms with Crippen LogP contribution in [0.2, 0.25) is 0 Å². The number of carbonyl (C=O) groups excluding carboxylic acids is 2. The predicted molar refractivity (Wildman–Crippen MR) is 120 cm³/mol. The molecule has 0 bridgehead atoms. The minimum absolute atomic E-state index is 0.298. The van der Waals surface area contributed by atoms with E-state index in [0.717, 1.165) is 4.90 Å². The van der Waals surface area contributed by atoms with Gasteiger partial charge in [-0.3, -0.25) is 9.59 Å². The van der Waals surface area contributed by atoms with Gasteiger partial charge in [0.2, 0.25) is 0 Å². The minimum Gasteiger partial charge on any atom is -0.493 e.